The van der Waals surface area contributed by atoms with Crippen molar-refractivity contribution in [3.8, 4) is 5.88 Å². The molecule has 1 aromatic rings. The first kappa shape index (κ1) is 7.21. The zero-order valence-electron chi connectivity index (χ0n) is 5.53. The molecule has 4 heteroatoms. The minimum atomic E-state index is -0.245. The van der Waals surface area contributed by atoms with Gasteiger partial charge < -0.3 is 4.74 Å². The highest BCUT2D eigenvalue weighted by atomic mass is 32.1. The van der Waals surface area contributed by atoms with Gasteiger partial charge in [-0.1, -0.05) is 6.92 Å². The summed E-state index contributed by atoms with van der Waals surface area (Å²) in [6.07, 6.45) is 0.386. The largest absolute Gasteiger partial charge is 0.407 e. The molecule has 1 heterocycles. The smallest absolute Gasteiger partial charge is 0.312 e. The van der Waals surface area contributed by atoms with Gasteiger partial charge in [-0.25, -0.2) is 4.98 Å². The maximum absolute atomic E-state index is 10.6. The summed E-state index contributed by atoms with van der Waals surface area (Å²) in [5.74, 6) is 0.155. The number of carbonyl (C=O) groups excluding carboxylic acids is 1. The van der Waals surface area contributed by atoms with Crippen molar-refractivity contribution in [3.05, 3.63) is 10.9 Å². The van der Waals surface area contributed by atoms with E-state index in [4.69, 9.17) is 4.74 Å². The summed E-state index contributed by atoms with van der Waals surface area (Å²) in [4.78, 5) is 14.4. The van der Waals surface area contributed by atoms with Gasteiger partial charge in [-0.2, -0.15) is 0 Å². The number of ether oxygens (including phenoxy) is 1. The van der Waals surface area contributed by atoms with Crippen LogP contribution in [0.5, 0.6) is 5.88 Å². The molecule has 3 nitrogen and oxygen atoms in total. The summed E-state index contributed by atoms with van der Waals surface area (Å²) in [6.45, 7) is 1.74. The van der Waals surface area contributed by atoms with E-state index in [0.717, 1.165) is 0 Å². The maximum atomic E-state index is 10.6. The molecule has 1 aromatic heterocycles. The van der Waals surface area contributed by atoms with E-state index in [0.29, 0.717) is 12.3 Å². The molecule has 0 radical (unpaired) electrons. The van der Waals surface area contributed by atoms with Crippen LogP contribution in [0.15, 0.2) is 10.9 Å². The summed E-state index contributed by atoms with van der Waals surface area (Å²) in [5, 5.41) is 1.69. The van der Waals surface area contributed by atoms with Crippen LogP contribution in [0.2, 0.25) is 0 Å². The Morgan fingerprint density at radius 3 is 3.20 bits per heavy atom. The van der Waals surface area contributed by atoms with Crippen molar-refractivity contribution in [3.63, 3.8) is 0 Å². The van der Waals surface area contributed by atoms with Gasteiger partial charge in [0.2, 0.25) is 5.88 Å². The Morgan fingerprint density at radius 2 is 2.70 bits per heavy atom. The number of thiazole rings is 1. The van der Waals surface area contributed by atoms with E-state index in [9.17, 15) is 4.79 Å². The fraction of sp³-hybridized carbons (Fsp3) is 0.333. The number of hydrogen-bond acceptors (Lipinski definition) is 4. The molecule has 0 N–H and O–H groups in total. The molecule has 0 aromatic carbocycles. The van der Waals surface area contributed by atoms with Crippen LogP contribution in [0.4, 0.5) is 0 Å². The van der Waals surface area contributed by atoms with Crippen LogP contribution < -0.4 is 4.74 Å². The van der Waals surface area contributed by atoms with Gasteiger partial charge in [0.1, 0.15) is 0 Å². The lowest BCUT2D eigenvalue weighted by atomic mass is 10.5. The van der Waals surface area contributed by atoms with Crippen LogP contribution >= 0.6 is 11.3 Å². The standard InChI is InChI=1S/C6H7NO2S/c1-2-6(8)9-5-3-10-4-7-5/h3-4H,2H2,1H3. The summed E-state index contributed by atoms with van der Waals surface area (Å²) in [6, 6.07) is 0. The van der Waals surface area contributed by atoms with Gasteiger partial charge in [-0.05, 0) is 0 Å². The van der Waals surface area contributed by atoms with Gasteiger partial charge in [-0.3, -0.25) is 4.79 Å². The Labute approximate surface area is 62.7 Å². The highest BCUT2D eigenvalue weighted by Gasteiger charge is 2.00. The quantitative estimate of drug-likeness (QED) is 0.610. The number of nitrogens with zero attached hydrogens (tertiary/aromatic N) is 1. The maximum Gasteiger partial charge on any atom is 0.312 e. The van der Waals surface area contributed by atoms with Crippen molar-refractivity contribution >= 4 is 17.3 Å². The van der Waals surface area contributed by atoms with Crippen molar-refractivity contribution in [2.45, 2.75) is 13.3 Å². The van der Waals surface area contributed by atoms with Gasteiger partial charge in [0, 0.05) is 6.42 Å². The summed E-state index contributed by atoms with van der Waals surface area (Å²) >= 11 is 1.40. The fourth-order valence-corrected chi connectivity index (χ4v) is 0.892. The molecular weight excluding hydrogens is 150 g/mol. The Hall–Kier alpha value is -0.900. The normalized spacial score (nSPS) is 9.30. The van der Waals surface area contributed by atoms with Gasteiger partial charge in [-0.15, -0.1) is 11.3 Å². The van der Waals surface area contributed by atoms with Crippen LogP contribution in [0.25, 0.3) is 0 Å². The van der Waals surface area contributed by atoms with Crippen LogP contribution in [0, 0.1) is 0 Å². The lowest BCUT2D eigenvalue weighted by Crippen LogP contribution is -2.05. The zero-order valence-corrected chi connectivity index (χ0v) is 6.35. The van der Waals surface area contributed by atoms with E-state index in [1.807, 2.05) is 0 Å². The molecule has 0 fully saturated rings. The Morgan fingerprint density at radius 1 is 1.90 bits per heavy atom. The molecule has 0 atom stereocenters. The highest BCUT2D eigenvalue weighted by Crippen LogP contribution is 2.09. The number of rotatable bonds is 2. The number of esters is 1. The van der Waals surface area contributed by atoms with E-state index in [1.165, 1.54) is 11.3 Å². The molecule has 0 spiro atoms. The highest BCUT2D eigenvalue weighted by molar-refractivity contribution is 7.07. The minimum absolute atomic E-state index is 0.245. The third kappa shape index (κ3) is 1.80. The van der Waals surface area contributed by atoms with Crippen molar-refractivity contribution in [1.29, 1.82) is 0 Å². The van der Waals surface area contributed by atoms with E-state index in [2.05, 4.69) is 4.98 Å². The lowest BCUT2D eigenvalue weighted by Gasteiger charge is -1.94. The fourth-order valence-electron chi connectivity index (χ4n) is 0.441. The second kappa shape index (κ2) is 3.31. The molecule has 0 saturated heterocycles. The molecule has 0 aliphatic carbocycles. The van der Waals surface area contributed by atoms with Crippen LogP contribution in [-0.4, -0.2) is 11.0 Å². The first-order valence-electron chi connectivity index (χ1n) is 2.91. The first-order valence-corrected chi connectivity index (χ1v) is 3.86. The Balaban J connectivity index is 2.48. The molecule has 0 aliphatic heterocycles. The van der Waals surface area contributed by atoms with E-state index >= 15 is 0 Å². The van der Waals surface area contributed by atoms with Crippen molar-refractivity contribution in [2.75, 3.05) is 0 Å². The minimum Gasteiger partial charge on any atom is -0.407 e. The Bertz CT molecular complexity index is 208. The van der Waals surface area contributed by atoms with Gasteiger partial charge in [0.15, 0.2) is 0 Å². The van der Waals surface area contributed by atoms with Crippen LogP contribution in [-0.2, 0) is 4.79 Å². The number of carbonyl (C=O) groups is 1. The van der Waals surface area contributed by atoms with Gasteiger partial charge in [0.05, 0.1) is 10.9 Å². The molecule has 54 valence electrons. The van der Waals surface area contributed by atoms with Crippen molar-refractivity contribution < 1.29 is 9.53 Å². The predicted molar refractivity (Wildman–Crippen MR) is 38.0 cm³/mol. The second-order valence-corrected chi connectivity index (χ2v) is 2.37. The molecule has 0 unspecified atom stereocenters. The van der Waals surface area contributed by atoms with Gasteiger partial charge in [0.25, 0.3) is 0 Å². The molecule has 0 aliphatic rings. The summed E-state index contributed by atoms with van der Waals surface area (Å²) in [7, 11) is 0. The number of hydrogen-bond donors (Lipinski definition) is 0. The monoisotopic (exact) mass is 157 g/mol. The average molecular weight is 157 g/mol. The van der Waals surface area contributed by atoms with E-state index < -0.39 is 0 Å². The van der Waals surface area contributed by atoms with Crippen molar-refractivity contribution in [1.82, 2.24) is 4.98 Å². The summed E-state index contributed by atoms with van der Waals surface area (Å²) < 4.78 is 4.76. The Kier molecular flexibility index (Phi) is 2.39. The molecule has 1 rings (SSSR count). The zero-order chi connectivity index (χ0) is 7.40. The summed E-state index contributed by atoms with van der Waals surface area (Å²) in [5.41, 5.74) is 1.62. The topological polar surface area (TPSA) is 39.2 Å². The molecular formula is C6H7NO2S. The molecule has 0 amide bonds. The lowest BCUT2D eigenvalue weighted by molar-refractivity contribution is -0.134. The van der Waals surface area contributed by atoms with Crippen molar-refractivity contribution in [2.24, 2.45) is 0 Å². The predicted octanol–water partition coefficient (Wildman–Crippen LogP) is 1.46. The SMILES string of the molecule is CCC(=O)Oc1cscn1. The first-order chi connectivity index (χ1) is 4.83. The average Bonchev–Trinajstić information content (AvgIpc) is 2.40. The molecule has 10 heavy (non-hydrogen) atoms. The van der Waals surface area contributed by atoms with Crippen LogP contribution in [0.1, 0.15) is 13.3 Å². The van der Waals surface area contributed by atoms with Gasteiger partial charge >= 0.3 is 5.97 Å². The van der Waals surface area contributed by atoms with E-state index in [1.54, 1.807) is 17.8 Å². The van der Waals surface area contributed by atoms with Crippen LogP contribution in [0.3, 0.4) is 0 Å². The third-order valence-corrected chi connectivity index (χ3v) is 1.48. The third-order valence-electron chi connectivity index (χ3n) is 0.917. The molecule has 0 bridgehead atoms. The number of aromatic nitrogens is 1. The molecule has 0 saturated carbocycles. The second-order valence-electron chi connectivity index (χ2n) is 1.65. The van der Waals surface area contributed by atoms with E-state index in [-0.39, 0.29) is 5.97 Å².